The standard InChI is InChI=1S/C26H32N4O2/c1-28-21(11-12-24(31)30-16-13-20-9-5-6-10-22(20)30)17-27-26(32)25-23(28)14-15-29(25)18-19-7-3-2-4-8-19/h2-10,21,23,25H,11-18H2,1H3,(H,27,32)/t21-,23+,25-/m0/s1. The highest BCUT2D eigenvalue weighted by atomic mass is 16.2. The zero-order valence-corrected chi connectivity index (χ0v) is 18.7. The molecule has 2 aromatic rings. The van der Waals surface area contributed by atoms with Crippen molar-refractivity contribution >= 4 is 17.5 Å². The molecule has 2 amide bonds. The van der Waals surface area contributed by atoms with Crippen molar-refractivity contribution in [2.45, 2.75) is 50.4 Å². The Labute approximate surface area is 190 Å². The highest BCUT2D eigenvalue weighted by Crippen LogP contribution is 2.30. The van der Waals surface area contributed by atoms with E-state index in [-0.39, 0.29) is 29.9 Å². The fourth-order valence-electron chi connectivity index (χ4n) is 5.67. The maximum absolute atomic E-state index is 13.0. The Bertz CT molecular complexity index is 979. The van der Waals surface area contributed by atoms with Crippen LogP contribution in [0, 0.1) is 0 Å². The van der Waals surface area contributed by atoms with Gasteiger partial charge in [0.2, 0.25) is 11.8 Å². The summed E-state index contributed by atoms with van der Waals surface area (Å²) in [6.45, 7) is 3.08. The second-order valence-electron chi connectivity index (χ2n) is 9.28. The van der Waals surface area contributed by atoms with Gasteiger partial charge in [0.1, 0.15) is 6.04 Å². The molecule has 3 aliphatic rings. The van der Waals surface area contributed by atoms with Crippen LogP contribution in [0.25, 0.3) is 0 Å². The molecule has 2 fully saturated rings. The highest BCUT2D eigenvalue weighted by molar-refractivity contribution is 5.95. The number of para-hydroxylation sites is 1. The Balaban J connectivity index is 1.23. The zero-order valence-electron chi connectivity index (χ0n) is 18.7. The first-order chi connectivity index (χ1) is 15.6. The van der Waals surface area contributed by atoms with E-state index in [4.69, 9.17) is 0 Å². The normalized spacial score (nSPS) is 25.8. The van der Waals surface area contributed by atoms with Crippen LogP contribution in [-0.4, -0.2) is 66.4 Å². The lowest BCUT2D eigenvalue weighted by Gasteiger charge is -2.33. The number of carbonyl (C=O) groups excluding carboxylic acids is 2. The molecule has 0 unspecified atom stereocenters. The number of rotatable bonds is 5. The van der Waals surface area contributed by atoms with Gasteiger partial charge in [-0.2, -0.15) is 0 Å². The summed E-state index contributed by atoms with van der Waals surface area (Å²) in [6.07, 6.45) is 3.17. The molecule has 2 saturated heterocycles. The van der Waals surface area contributed by atoms with Crippen molar-refractivity contribution in [1.29, 1.82) is 0 Å². The van der Waals surface area contributed by atoms with Crippen molar-refractivity contribution in [3.63, 3.8) is 0 Å². The quantitative estimate of drug-likeness (QED) is 0.789. The predicted molar refractivity (Wildman–Crippen MR) is 125 cm³/mol. The largest absolute Gasteiger partial charge is 0.353 e. The Morgan fingerprint density at radius 3 is 2.69 bits per heavy atom. The molecule has 3 aliphatic heterocycles. The predicted octanol–water partition coefficient (Wildman–Crippen LogP) is 2.43. The Kier molecular flexibility index (Phi) is 5.98. The SMILES string of the molecule is CN1[C@@H](CCC(=O)N2CCc3ccccc32)CNC(=O)[C@@H]2[C@H]1CCN2Cc1ccccc1. The number of nitrogens with zero attached hydrogens (tertiary/aromatic N) is 3. The molecule has 32 heavy (non-hydrogen) atoms. The van der Waals surface area contributed by atoms with Crippen LogP contribution < -0.4 is 10.2 Å². The van der Waals surface area contributed by atoms with Gasteiger partial charge in [-0.15, -0.1) is 0 Å². The second-order valence-corrected chi connectivity index (χ2v) is 9.28. The van der Waals surface area contributed by atoms with Gasteiger partial charge < -0.3 is 10.2 Å². The van der Waals surface area contributed by atoms with Gasteiger partial charge >= 0.3 is 0 Å². The molecule has 6 nitrogen and oxygen atoms in total. The number of likely N-dealkylation sites (N-methyl/N-ethyl adjacent to an activating group) is 1. The minimum absolute atomic E-state index is 0.123. The Hall–Kier alpha value is -2.70. The minimum atomic E-state index is -0.133. The molecule has 5 rings (SSSR count). The average molecular weight is 433 g/mol. The van der Waals surface area contributed by atoms with Gasteiger partial charge in [0.25, 0.3) is 0 Å². The van der Waals surface area contributed by atoms with Crippen LogP contribution in [0.4, 0.5) is 5.69 Å². The number of nitrogens with one attached hydrogen (secondary N) is 1. The van der Waals surface area contributed by atoms with Gasteiger partial charge in [0.15, 0.2) is 0 Å². The number of fused-ring (bicyclic) bond motifs is 2. The molecule has 2 aromatic carbocycles. The topological polar surface area (TPSA) is 55.9 Å². The molecule has 6 heteroatoms. The van der Waals surface area contributed by atoms with E-state index in [1.807, 2.05) is 41.3 Å². The molecule has 168 valence electrons. The summed E-state index contributed by atoms with van der Waals surface area (Å²) in [6, 6.07) is 18.8. The van der Waals surface area contributed by atoms with Gasteiger partial charge in [0, 0.05) is 50.4 Å². The Morgan fingerprint density at radius 1 is 1.06 bits per heavy atom. The number of amides is 2. The average Bonchev–Trinajstić information content (AvgIpc) is 3.41. The van der Waals surface area contributed by atoms with Gasteiger partial charge in [-0.25, -0.2) is 0 Å². The van der Waals surface area contributed by atoms with Crippen LogP contribution in [-0.2, 0) is 22.6 Å². The van der Waals surface area contributed by atoms with Crippen LogP contribution in [0.2, 0.25) is 0 Å². The van der Waals surface area contributed by atoms with E-state index in [0.717, 1.165) is 44.6 Å². The first-order valence-corrected chi connectivity index (χ1v) is 11.8. The van der Waals surface area contributed by atoms with E-state index in [2.05, 4.69) is 40.4 Å². The zero-order chi connectivity index (χ0) is 22.1. The molecule has 0 bridgehead atoms. The van der Waals surface area contributed by atoms with E-state index in [1.54, 1.807) is 0 Å². The lowest BCUT2D eigenvalue weighted by atomic mass is 10.0. The number of benzene rings is 2. The third kappa shape index (κ3) is 4.05. The lowest BCUT2D eigenvalue weighted by molar-refractivity contribution is -0.126. The number of hydrogen-bond donors (Lipinski definition) is 1. The van der Waals surface area contributed by atoms with E-state index in [0.29, 0.717) is 13.0 Å². The fourth-order valence-corrected chi connectivity index (χ4v) is 5.67. The first kappa shape index (κ1) is 21.2. The lowest BCUT2D eigenvalue weighted by Crippen LogP contribution is -2.49. The fraction of sp³-hybridized carbons (Fsp3) is 0.462. The van der Waals surface area contributed by atoms with E-state index >= 15 is 0 Å². The van der Waals surface area contributed by atoms with Crippen LogP contribution in [0.1, 0.15) is 30.4 Å². The van der Waals surface area contributed by atoms with Crippen LogP contribution >= 0.6 is 0 Å². The number of carbonyl (C=O) groups is 2. The number of hydrogen-bond acceptors (Lipinski definition) is 4. The first-order valence-electron chi connectivity index (χ1n) is 11.8. The molecule has 0 saturated carbocycles. The monoisotopic (exact) mass is 432 g/mol. The molecule has 0 spiro atoms. The smallest absolute Gasteiger partial charge is 0.239 e. The summed E-state index contributed by atoms with van der Waals surface area (Å²) in [4.78, 5) is 32.6. The third-order valence-corrected chi connectivity index (χ3v) is 7.46. The highest BCUT2D eigenvalue weighted by Gasteiger charge is 2.45. The van der Waals surface area contributed by atoms with Crippen molar-refractivity contribution in [3.8, 4) is 0 Å². The minimum Gasteiger partial charge on any atom is -0.353 e. The second kappa shape index (κ2) is 9.04. The maximum Gasteiger partial charge on any atom is 0.239 e. The molecular weight excluding hydrogens is 400 g/mol. The summed E-state index contributed by atoms with van der Waals surface area (Å²) in [5, 5.41) is 3.17. The molecule has 0 aromatic heterocycles. The molecule has 0 aliphatic carbocycles. The van der Waals surface area contributed by atoms with Crippen LogP contribution in [0.5, 0.6) is 0 Å². The van der Waals surface area contributed by atoms with Gasteiger partial charge in [0.05, 0.1) is 0 Å². The van der Waals surface area contributed by atoms with Gasteiger partial charge in [-0.05, 0) is 43.5 Å². The van der Waals surface area contributed by atoms with Crippen molar-refractivity contribution < 1.29 is 9.59 Å². The third-order valence-electron chi connectivity index (χ3n) is 7.46. The number of likely N-dealkylation sites (tertiary alicyclic amines) is 1. The van der Waals surface area contributed by atoms with Crippen molar-refractivity contribution in [3.05, 3.63) is 65.7 Å². The summed E-state index contributed by atoms with van der Waals surface area (Å²) >= 11 is 0. The Morgan fingerprint density at radius 2 is 1.84 bits per heavy atom. The molecule has 0 radical (unpaired) electrons. The van der Waals surface area contributed by atoms with Crippen LogP contribution in [0.15, 0.2) is 54.6 Å². The summed E-state index contributed by atoms with van der Waals surface area (Å²) in [5.41, 5.74) is 3.56. The van der Waals surface area contributed by atoms with Crippen LogP contribution in [0.3, 0.4) is 0 Å². The molecule has 1 N–H and O–H groups in total. The number of anilines is 1. The van der Waals surface area contributed by atoms with E-state index in [9.17, 15) is 9.59 Å². The van der Waals surface area contributed by atoms with E-state index in [1.165, 1.54) is 11.1 Å². The van der Waals surface area contributed by atoms with Crippen molar-refractivity contribution in [1.82, 2.24) is 15.1 Å². The molecule has 3 atom stereocenters. The summed E-state index contributed by atoms with van der Waals surface area (Å²) < 4.78 is 0. The summed E-state index contributed by atoms with van der Waals surface area (Å²) in [7, 11) is 2.13. The maximum atomic E-state index is 13.0. The van der Waals surface area contributed by atoms with Crippen molar-refractivity contribution in [2.75, 3.05) is 31.6 Å². The molecule has 3 heterocycles. The van der Waals surface area contributed by atoms with Crippen molar-refractivity contribution in [2.24, 2.45) is 0 Å². The molecular formula is C26H32N4O2. The van der Waals surface area contributed by atoms with Gasteiger partial charge in [-0.1, -0.05) is 48.5 Å². The van der Waals surface area contributed by atoms with E-state index < -0.39 is 0 Å². The van der Waals surface area contributed by atoms with Gasteiger partial charge in [-0.3, -0.25) is 19.4 Å². The summed E-state index contributed by atoms with van der Waals surface area (Å²) in [5.74, 6) is 0.310.